The minimum atomic E-state index is -0.690. The number of carbonyl (C=O) groups excluding carboxylic acids is 3. The number of carbonyl (C=O) groups is 3. The molecule has 0 aliphatic carbocycles. The van der Waals surface area contributed by atoms with Crippen LogP contribution in [-0.4, -0.2) is 51.6 Å². The standard InChI is InChI=1S/C24H25FN4O3/c25-17-10-18(16-5-8-28(9-6-16)13-15-2-1-7-26-12-15)20-14-29(24(32)19(20)11-17)21-3-4-22(30)27-23(21)31/h1-2,7,10-12,16,21H,3-6,8-9,13-14H2,(H,27,30,31). The van der Waals surface area contributed by atoms with Crippen molar-refractivity contribution in [2.45, 2.75) is 50.7 Å². The van der Waals surface area contributed by atoms with Gasteiger partial charge in [-0.1, -0.05) is 6.07 Å². The summed E-state index contributed by atoms with van der Waals surface area (Å²) in [5.41, 5.74) is 3.22. The third-order valence-corrected chi connectivity index (χ3v) is 6.81. The van der Waals surface area contributed by atoms with Crippen molar-refractivity contribution in [1.29, 1.82) is 0 Å². The molecule has 1 aromatic heterocycles. The predicted octanol–water partition coefficient (Wildman–Crippen LogP) is 2.36. The zero-order valence-corrected chi connectivity index (χ0v) is 17.7. The first-order valence-electron chi connectivity index (χ1n) is 11.1. The van der Waals surface area contributed by atoms with Gasteiger partial charge in [0.25, 0.3) is 5.91 Å². The van der Waals surface area contributed by atoms with Crippen LogP contribution in [0.2, 0.25) is 0 Å². The number of rotatable bonds is 4. The Morgan fingerprint density at radius 1 is 1.12 bits per heavy atom. The van der Waals surface area contributed by atoms with E-state index >= 15 is 0 Å². The molecular weight excluding hydrogens is 411 g/mol. The van der Waals surface area contributed by atoms with Gasteiger partial charge in [-0.15, -0.1) is 0 Å². The number of aromatic nitrogens is 1. The van der Waals surface area contributed by atoms with Gasteiger partial charge in [0.2, 0.25) is 11.8 Å². The average Bonchev–Trinajstić information content (AvgIpc) is 3.11. The van der Waals surface area contributed by atoms with Crippen molar-refractivity contribution in [2.75, 3.05) is 13.1 Å². The Kier molecular flexibility index (Phi) is 5.46. The fourth-order valence-corrected chi connectivity index (χ4v) is 5.17. The van der Waals surface area contributed by atoms with Crippen molar-refractivity contribution in [1.82, 2.24) is 20.1 Å². The lowest BCUT2D eigenvalue weighted by molar-refractivity contribution is -0.136. The number of nitrogens with one attached hydrogen (secondary N) is 1. The molecule has 1 aromatic carbocycles. The fraction of sp³-hybridized carbons (Fsp3) is 0.417. The number of benzene rings is 1. The smallest absolute Gasteiger partial charge is 0.255 e. The Morgan fingerprint density at radius 2 is 1.94 bits per heavy atom. The van der Waals surface area contributed by atoms with Crippen LogP contribution in [0.25, 0.3) is 0 Å². The Hall–Kier alpha value is -3.13. The van der Waals surface area contributed by atoms with E-state index in [4.69, 9.17) is 0 Å². The van der Waals surface area contributed by atoms with Crippen molar-refractivity contribution in [3.8, 4) is 0 Å². The number of nitrogens with zero attached hydrogens (tertiary/aromatic N) is 3. The number of imide groups is 1. The van der Waals surface area contributed by atoms with Crippen LogP contribution in [-0.2, 0) is 22.7 Å². The van der Waals surface area contributed by atoms with Crippen LogP contribution >= 0.6 is 0 Å². The molecule has 1 unspecified atom stereocenters. The van der Waals surface area contributed by atoms with Gasteiger partial charge >= 0.3 is 0 Å². The third-order valence-electron chi connectivity index (χ3n) is 6.81. The summed E-state index contributed by atoms with van der Waals surface area (Å²) in [7, 11) is 0. The molecule has 7 nitrogen and oxygen atoms in total. The topological polar surface area (TPSA) is 82.6 Å². The van der Waals surface area contributed by atoms with E-state index in [1.54, 1.807) is 12.3 Å². The van der Waals surface area contributed by atoms with Crippen LogP contribution in [0.4, 0.5) is 4.39 Å². The predicted molar refractivity (Wildman–Crippen MR) is 114 cm³/mol. The van der Waals surface area contributed by atoms with Crippen LogP contribution in [0.1, 0.15) is 58.6 Å². The third kappa shape index (κ3) is 3.90. The van der Waals surface area contributed by atoms with E-state index in [0.29, 0.717) is 12.0 Å². The summed E-state index contributed by atoms with van der Waals surface area (Å²) in [5.74, 6) is -1.35. The summed E-state index contributed by atoms with van der Waals surface area (Å²) in [6, 6.07) is 6.15. The molecular formula is C24H25FN4O3. The second-order valence-electron chi connectivity index (χ2n) is 8.83. The molecule has 5 rings (SSSR count). The maximum Gasteiger partial charge on any atom is 0.255 e. The molecule has 3 aliphatic rings. The van der Waals surface area contributed by atoms with E-state index in [0.717, 1.165) is 43.6 Å². The fourth-order valence-electron chi connectivity index (χ4n) is 5.17. The second-order valence-corrected chi connectivity index (χ2v) is 8.83. The van der Waals surface area contributed by atoms with Gasteiger partial charge in [-0.2, -0.15) is 0 Å². The molecule has 0 radical (unpaired) electrons. The Balaban J connectivity index is 1.32. The highest BCUT2D eigenvalue weighted by Crippen LogP contribution is 2.37. The summed E-state index contributed by atoms with van der Waals surface area (Å²) in [5, 5.41) is 2.31. The van der Waals surface area contributed by atoms with E-state index in [1.165, 1.54) is 16.5 Å². The number of hydrogen-bond acceptors (Lipinski definition) is 5. The highest BCUT2D eigenvalue weighted by atomic mass is 19.1. The van der Waals surface area contributed by atoms with Crippen LogP contribution in [0.3, 0.4) is 0 Å². The van der Waals surface area contributed by atoms with Crippen LogP contribution < -0.4 is 5.32 Å². The summed E-state index contributed by atoms with van der Waals surface area (Å²) < 4.78 is 14.5. The number of hydrogen-bond donors (Lipinski definition) is 1. The highest BCUT2D eigenvalue weighted by Gasteiger charge is 2.41. The maximum atomic E-state index is 14.5. The molecule has 32 heavy (non-hydrogen) atoms. The lowest BCUT2D eigenvalue weighted by atomic mass is 9.85. The lowest BCUT2D eigenvalue weighted by Gasteiger charge is -2.33. The van der Waals surface area contributed by atoms with E-state index in [9.17, 15) is 18.8 Å². The molecule has 0 bridgehead atoms. The lowest BCUT2D eigenvalue weighted by Crippen LogP contribution is -2.52. The van der Waals surface area contributed by atoms with Gasteiger partial charge in [-0.3, -0.25) is 29.6 Å². The molecule has 1 atom stereocenters. The Labute approximate surface area is 185 Å². The molecule has 8 heteroatoms. The van der Waals surface area contributed by atoms with E-state index in [-0.39, 0.29) is 30.7 Å². The Morgan fingerprint density at radius 3 is 2.66 bits per heavy atom. The van der Waals surface area contributed by atoms with E-state index < -0.39 is 17.8 Å². The normalized spacial score (nSPS) is 22.2. The minimum Gasteiger partial charge on any atom is -0.322 e. The monoisotopic (exact) mass is 436 g/mol. The van der Waals surface area contributed by atoms with Gasteiger partial charge in [0, 0.05) is 37.5 Å². The van der Waals surface area contributed by atoms with Crippen molar-refractivity contribution in [2.24, 2.45) is 0 Å². The second kappa shape index (κ2) is 8.43. The average molecular weight is 436 g/mol. The number of amides is 3. The van der Waals surface area contributed by atoms with Crippen LogP contribution in [0.5, 0.6) is 0 Å². The first kappa shape index (κ1) is 20.8. The summed E-state index contributed by atoms with van der Waals surface area (Å²) in [4.78, 5) is 44.9. The number of likely N-dealkylation sites (tertiary alicyclic amines) is 1. The zero-order chi connectivity index (χ0) is 22.2. The highest BCUT2D eigenvalue weighted by molar-refractivity contribution is 6.05. The first-order chi connectivity index (χ1) is 15.5. The summed E-state index contributed by atoms with van der Waals surface area (Å²) >= 11 is 0. The Bertz CT molecular complexity index is 1070. The zero-order valence-electron chi connectivity index (χ0n) is 17.7. The van der Waals surface area contributed by atoms with Crippen molar-refractivity contribution < 1.29 is 18.8 Å². The first-order valence-corrected chi connectivity index (χ1v) is 11.1. The van der Waals surface area contributed by atoms with Gasteiger partial charge in [0.15, 0.2) is 0 Å². The SMILES string of the molecule is O=C1CCC(N2Cc3c(cc(F)cc3C3CCN(Cc4cccnc4)CC3)C2=O)C(=O)N1. The largest absolute Gasteiger partial charge is 0.322 e. The number of pyridine rings is 1. The van der Waals surface area contributed by atoms with Gasteiger partial charge in [-0.25, -0.2) is 4.39 Å². The molecule has 2 saturated heterocycles. The molecule has 166 valence electrons. The number of piperidine rings is 2. The molecule has 4 heterocycles. The van der Waals surface area contributed by atoms with Gasteiger partial charge in [-0.05, 0) is 73.2 Å². The van der Waals surface area contributed by atoms with Gasteiger partial charge in [0.05, 0.1) is 0 Å². The molecule has 0 spiro atoms. The van der Waals surface area contributed by atoms with Crippen molar-refractivity contribution in [3.63, 3.8) is 0 Å². The maximum absolute atomic E-state index is 14.5. The van der Waals surface area contributed by atoms with Crippen molar-refractivity contribution in [3.05, 3.63) is 64.7 Å². The minimum absolute atomic E-state index is 0.166. The van der Waals surface area contributed by atoms with Gasteiger partial charge in [0.1, 0.15) is 11.9 Å². The molecule has 0 saturated carbocycles. The molecule has 2 fully saturated rings. The number of fused-ring (bicyclic) bond motifs is 1. The van der Waals surface area contributed by atoms with Crippen molar-refractivity contribution >= 4 is 17.7 Å². The van der Waals surface area contributed by atoms with Gasteiger partial charge < -0.3 is 4.90 Å². The molecule has 3 amide bonds. The number of halogens is 1. The quantitative estimate of drug-likeness (QED) is 0.744. The summed E-state index contributed by atoms with van der Waals surface area (Å²) in [6.07, 6.45) is 5.90. The van der Waals surface area contributed by atoms with E-state index in [1.807, 2.05) is 12.3 Å². The molecule has 1 N–H and O–H groups in total. The van der Waals surface area contributed by atoms with Crippen LogP contribution in [0.15, 0.2) is 36.7 Å². The van der Waals surface area contributed by atoms with Crippen LogP contribution in [0, 0.1) is 5.82 Å². The molecule has 2 aromatic rings. The molecule has 3 aliphatic heterocycles. The van der Waals surface area contributed by atoms with E-state index in [2.05, 4.69) is 21.3 Å². The summed E-state index contributed by atoms with van der Waals surface area (Å²) in [6.45, 7) is 2.89.